The van der Waals surface area contributed by atoms with Crippen molar-refractivity contribution in [3.8, 4) is 0 Å². The maximum atomic E-state index is 12.2. The minimum Gasteiger partial charge on any atom is -0.310 e. The van der Waals surface area contributed by atoms with Gasteiger partial charge in [-0.25, -0.2) is 0 Å². The molecule has 0 radical (unpaired) electrons. The van der Waals surface area contributed by atoms with Gasteiger partial charge in [-0.2, -0.15) is 0 Å². The number of benzene rings is 1. The van der Waals surface area contributed by atoms with Crippen LogP contribution in [0.1, 0.15) is 30.0 Å². The zero-order valence-electron chi connectivity index (χ0n) is 8.30. The lowest BCUT2D eigenvalue weighted by Gasteiger charge is -2.11. The van der Waals surface area contributed by atoms with Gasteiger partial charge in [0.1, 0.15) is 0 Å². The summed E-state index contributed by atoms with van der Waals surface area (Å²) in [7, 11) is 0. The second kappa shape index (κ2) is 4.56. The van der Waals surface area contributed by atoms with Crippen LogP contribution in [0, 0.1) is 0 Å². The van der Waals surface area contributed by atoms with Gasteiger partial charge in [0.2, 0.25) is 0 Å². The molecule has 1 unspecified atom stereocenters. The van der Waals surface area contributed by atoms with E-state index in [0.717, 1.165) is 12.1 Å². The lowest BCUT2D eigenvalue weighted by Crippen LogP contribution is -2.12. The fraction of sp³-hybridized carbons (Fsp3) is 0.500. The molecular weight excluding hydrogens is 177 g/mol. The van der Waals surface area contributed by atoms with Gasteiger partial charge in [0, 0.05) is 12.5 Å². The van der Waals surface area contributed by atoms with Crippen molar-refractivity contribution in [2.45, 2.75) is 25.3 Å². The van der Waals surface area contributed by atoms with Crippen molar-refractivity contribution in [2.75, 3.05) is 13.2 Å². The quantitative estimate of drug-likeness (QED) is 0.778. The Morgan fingerprint density at radius 1 is 1.43 bits per heavy atom. The van der Waals surface area contributed by atoms with E-state index in [1.807, 2.05) is 12.1 Å². The summed E-state index contributed by atoms with van der Waals surface area (Å²) < 4.78 is 12.2. The first-order valence-electron chi connectivity index (χ1n) is 5.28. The molecule has 2 heteroatoms. The molecule has 0 amide bonds. The largest absolute Gasteiger partial charge is 0.310 e. The van der Waals surface area contributed by atoms with E-state index in [4.69, 9.17) is 0 Å². The second-order valence-electron chi connectivity index (χ2n) is 3.83. The molecule has 1 aromatic rings. The molecule has 1 aliphatic heterocycles. The number of hydrogen-bond donors (Lipinski definition) is 1. The maximum Gasteiger partial charge on any atom is 0.0934 e. The highest BCUT2D eigenvalue weighted by Crippen LogP contribution is 2.23. The minimum absolute atomic E-state index is 0.262. The summed E-state index contributed by atoms with van der Waals surface area (Å²) >= 11 is 0. The van der Waals surface area contributed by atoms with E-state index in [0.29, 0.717) is 12.5 Å². The highest BCUT2D eigenvalue weighted by molar-refractivity contribution is 5.26. The second-order valence-corrected chi connectivity index (χ2v) is 3.83. The molecule has 0 saturated carbocycles. The fourth-order valence-electron chi connectivity index (χ4n) is 2.04. The molecular formula is C12H16FN. The molecule has 14 heavy (non-hydrogen) atoms. The third-order valence-corrected chi connectivity index (χ3v) is 2.80. The van der Waals surface area contributed by atoms with Crippen molar-refractivity contribution in [3.05, 3.63) is 35.4 Å². The first-order chi connectivity index (χ1) is 6.90. The Bertz CT molecular complexity index is 292. The molecule has 1 fully saturated rings. The van der Waals surface area contributed by atoms with Crippen LogP contribution in [0.15, 0.2) is 24.3 Å². The zero-order chi connectivity index (χ0) is 9.80. The molecule has 76 valence electrons. The Morgan fingerprint density at radius 2 is 2.36 bits per heavy atom. The zero-order valence-corrected chi connectivity index (χ0v) is 8.30. The Labute approximate surface area is 84.3 Å². The standard InChI is InChI=1S/C12H16FN/c13-7-6-10-3-1-4-11(9-10)12-5-2-8-14-12/h1,3-4,9,12,14H,2,5-8H2. The minimum atomic E-state index is -0.262. The summed E-state index contributed by atoms with van der Waals surface area (Å²) in [5.74, 6) is 0. The van der Waals surface area contributed by atoms with Crippen LogP contribution < -0.4 is 5.32 Å². The number of alkyl halides is 1. The molecule has 1 atom stereocenters. The monoisotopic (exact) mass is 193 g/mol. The van der Waals surface area contributed by atoms with Crippen molar-refractivity contribution < 1.29 is 4.39 Å². The van der Waals surface area contributed by atoms with Gasteiger partial charge >= 0.3 is 0 Å². The van der Waals surface area contributed by atoms with E-state index in [-0.39, 0.29) is 6.67 Å². The summed E-state index contributed by atoms with van der Waals surface area (Å²) in [4.78, 5) is 0. The first kappa shape index (κ1) is 9.66. The van der Waals surface area contributed by atoms with Gasteiger partial charge in [-0.3, -0.25) is 4.39 Å². The summed E-state index contributed by atoms with van der Waals surface area (Å²) in [6.07, 6.45) is 3.00. The molecule has 0 bridgehead atoms. The Morgan fingerprint density at radius 3 is 3.07 bits per heavy atom. The lowest BCUT2D eigenvalue weighted by atomic mass is 10.0. The number of nitrogens with one attached hydrogen (secondary N) is 1. The van der Waals surface area contributed by atoms with Crippen molar-refractivity contribution in [2.24, 2.45) is 0 Å². The van der Waals surface area contributed by atoms with Gasteiger partial charge in [-0.15, -0.1) is 0 Å². The highest BCUT2D eigenvalue weighted by Gasteiger charge is 2.15. The van der Waals surface area contributed by atoms with Crippen molar-refractivity contribution in [3.63, 3.8) is 0 Å². The van der Waals surface area contributed by atoms with Gasteiger partial charge in [0.15, 0.2) is 0 Å². The molecule has 2 rings (SSSR count). The van der Waals surface area contributed by atoms with Crippen LogP contribution in [0.2, 0.25) is 0 Å². The third kappa shape index (κ3) is 2.13. The normalized spacial score (nSPS) is 21.4. The van der Waals surface area contributed by atoms with Crippen LogP contribution in [-0.4, -0.2) is 13.2 Å². The average Bonchev–Trinajstić information content (AvgIpc) is 2.71. The summed E-state index contributed by atoms with van der Waals surface area (Å²) in [6, 6.07) is 8.78. The van der Waals surface area contributed by atoms with Crippen molar-refractivity contribution in [1.82, 2.24) is 5.32 Å². The van der Waals surface area contributed by atoms with Crippen LogP contribution in [0.4, 0.5) is 4.39 Å². The number of aryl methyl sites for hydroxylation is 1. The lowest BCUT2D eigenvalue weighted by molar-refractivity contribution is 0.495. The SMILES string of the molecule is FCCc1cccc(C2CCCN2)c1. The summed E-state index contributed by atoms with van der Waals surface area (Å²) in [5, 5.41) is 3.45. The molecule has 1 aromatic carbocycles. The third-order valence-electron chi connectivity index (χ3n) is 2.80. The summed E-state index contributed by atoms with van der Waals surface area (Å²) in [5.41, 5.74) is 2.42. The van der Waals surface area contributed by atoms with Crippen LogP contribution in [0.3, 0.4) is 0 Å². The molecule has 1 heterocycles. The fourth-order valence-corrected chi connectivity index (χ4v) is 2.04. The number of rotatable bonds is 3. The smallest absolute Gasteiger partial charge is 0.0934 e. The van der Waals surface area contributed by atoms with Crippen molar-refractivity contribution in [1.29, 1.82) is 0 Å². The predicted octanol–water partition coefficient (Wildman–Crippen LogP) is 2.62. The molecule has 0 spiro atoms. The van der Waals surface area contributed by atoms with Crippen LogP contribution in [0.5, 0.6) is 0 Å². The maximum absolute atomic E-state index is 12.2. The van der Waals surface area contributed by atoms with Gasteiger partial charge in [-0.05, 0) is 30.5 Å². The van der Waals surface area contributed by atoms with E-state index in [1.165, 1.54) is 18.4 Å². The molecule has 1 saturated heterocycles. The Hall–Kier alpha value is -0.890. The van der Waals surface area contributed by atoms with E-state index in [9.17, 15) is 4.39 Å². The van der Waals surface area contributed by atoms with Gasteiger partial charge in [0.25, 0.3) is 0 Å². The number of hydrogen-bond acceptors (Lipinski definition) is 1. The molecule has 0 aromatic heterocycles. The van der Waals surface area contributed by atoms with Gasteiger partial charge in [0.05, 0.1) is 6.67 Å². The average molecular weight is 193 g/mol. The first-order valence-corrected chi connectivity index (χ1v) is 5.28. The molecule has 1 aliphatic rings. The van der Waals surface area contributed by atoms with E-state index in [2.05, 4.69) is 17.4 Å². The predicted molar refractivity (Wildman–Crippen MR) is 56.1 cm³/mol. The van der Waals surface area contributed by atoms with Crippen LogP contribution >= 0.6 is 0 Å². The van der Waals surface area contributed by atoms with Crippen LogP contribution in [0.25, 0.3) is 0 Å². The van der Waals surface area contributed by atoms with Crippen molar-refractivity contribution >= 4 is 0 Å². The Balaban J connectivity index is 2.12. The topological polar surface area (TPSA) is 12.0 Å². The van der Waals surface area contributed by atoms with E-state index in [1.54, 1.807) is 0 Å². The molecule has 0 aliphatic carbocycles. The highest BCUT2D eigenvalue weighted by atomic mass is 19.1. The van der Waals surface area contributed by atoms with Crippen LogP contribution in [-0.2, 0) is 6.42 Å². The molecule has 1 N–H and O–H groups in total. The molecule has 1 nitrogen and oxygen atoms in total. The van der Waals surface area contributed by atoms with Gasteiger partial charge in [-0.1, -0.05) is 24.3 Å². The van der Waals surface area contributed by atoms with E-state index >= 15 is 0 Å². The van der Waals surface area contributed by atoms with E-state index < -0.39 is 0 Å². The number of halogens is 1. The summed E-state index contributed by atoms with van der Waals surface area (Å²) in [6.45, 7) is 0.847. The van der Waals surface area contributed by atoms with Gasteiger partial charge < -0.3 is 5.32 Å². The Kier molecular flexibility index (Phi) is 3.14.